The van der Waals surface area contributed by atoms with E-state index in [0.29, 0.717) is 5.75 Å². The monoisotopic (exact) mass is 432 g/mol. The molecule has 1 aliphatic heterocycles. The molecule has 0 unspecified atom stereocenters. The molecule has 0 N–H and O–H groups in total. The van der Waals surface area contributed by atoms with Gasteiger partial charge in [0.25, 0.3) is 0 Å². The third-order valence-corrected chi connectivity index (χ3v) is 6.53. The summed E-state index contributed by atoms with van der Waals surface area (Å²) in [5.41, 5.74) is 0.366. The van der Waals surface area contributed by atoms with Crippen LogP contribution in [0.5, 0.6) is 5.75 Å². The van der Waals surface area contributed by atoms with Crippen molar-refractivity contribution < 1.29 is 22.7 Å². The van der Waals surface area contributed by atoms with Crippen LogP contribution in [-0.4, -0.2) is 55.5 Å². The van der Waals surface area contributed by atoms with Gasteiger partial charge in [-0.05, 0) is 38.5 Å². The Bertz CT molecular complexity index is 963. The zero-order chi connectivity index (χ0) is 21.8. The average Bonchev–Trinajstić information content (AvgIpc) is 2.72. The first-order chi connectivity index (χ1) is 14.2. The predicted molar refractivity (Wildman–Crippen MR) is 114 cm³/mol. The normalized spacial score (nSPS) is 15.6. The summed E-state index contributed by atoms with van der Waals surface area (Å²) >= 11 is 0. The van der Waals surface area contributed by atoms with E-state index in [9.17, 15) is 13.2 Å². The summed E-state index contributed by atoms with van der Waals surface area (Å²) in [6.45, 7) is 6.65. The SMILES string of the molecule is CC(C)(C)OC(=O)N1CCN(S(=O)(=O)c2ccccc2OCc2ccccc2)CC1. The van der Waals surface area contributed by atoms with Crippen molar-refractivity contribution in [2.45, 2.75) is 37.9 Å². The Balaban J connectivity index is 1.68. The second-order valence-electron chi connectivity index (χ2n) is 8.09. The minimum absolute atomic E-state index is 0.131. The van der Waals surface area contributed by atoms with Gasteiger partial charge in [-0.25, -0.2) is 13.2 Å². The van der Waals surface area contributed by atoms with Crippen LogP contribution in [0.25, 0.3) is 0 Å². The van der Waals surface area contributed by atoms with Crippen molar-refractivity contribution in [1.82, 2.24) is 9.21 Å². The largest absolute Gasteiger partial charge is 0.487 e. The lowest BCUT2D eigenvalue weighted by Gasteiger charge is -2.35. The minimum atomic E-state index is -3.75. The van der Waals surface area contributed by atoms with Gasteiger partial charge in [0, 0.05) is 26.2 Å². The van der Waals surface area contributed by atoms with E-state index in [0.717, 1.165) is 5.56 Å². The number of ether oxygens (including phenoxy) is 2. The number of sulfonamides is 1. The standard InChI is InChI=1S/C22H28N2O5S/c1-22(2,3)29-21(25)23-13-15-24(16-14-23)30(26,27)20-12-8-7-11-19(20)28-17-18-9-5-4-6-10-18/h4-12H,13-17H2,1-3H3. The average molecular weight is 433 g/mol. The van der Waals surface area contributed by atoms with E-state index in [1.165, 1.54) is 9.21 Å². The van der Waals surface area contributed by atoms with Crippen molar-refractivity contribution >= 4 is 16.1 Å². The Morgan fingerprint density at radius 3 is 2.17 bits per heavy atom. The molecule has 7 nitrogen and oxygen atoms in total. The molecule has 1 aliphatic rings. The van der Waals surface area contributed by atoms with Crippen LogP contribution in [0.15, 0.2) is 59.5 Å². The number of rotatable bonds is 5. The molecule has 30 heavy (non-hydrogen) atoms. The lowest BCUT2D eigenvalue weighted by Crippen LogP contribution is -2.51. The minimum Gasteiger partial charge on any atom is -0.487 e. The Morgan fingerprint density at radius 2 is 1.53 bits per heavy atom. The molecule has 1 heterocycles. The quantitative estimate of drug-likeness (QED) is 0.723. The highest BCUT2D eigenvalue weighted by Crippen LogP contribution is 2.28. The zero-order valence-electron chi connectivity index (χ0n) is 17.6. The molecule has 0 spiro atoms. The van der Waals surface area contributed by atoms with Crippen LogP contribution in [0.4, 0.5) is 4.79 Å². The van der Waals surface area contributed by atoms with Crippen molar-refractivity contribution in [3.8, 4) is 5.75 Å². The fraction of sp³-hybridized carbons (Fsp3) is 0.409. The van der Waals surface area contributed by atoms with Crippen molar-refractivity contribution in [3.63, 3.8) is 0 Å². The first kappa shape index (κ1) is 22.1. The Labute approximate surface area is 178 Å². The number of benzene rings is 2. The van der Waals surface area contributed by atoms with Crippen LogP contribution >= 0.6 is 0 Å². The highest BCUT2D eigenvalue weighted by Gasteiger charge is 2.33. The summed E-state index contributed by atoms with van der Waals surface area (Å²) in [5, 5.41) is 0. The van der Waals surface area contributed by atoms with E-state index >= 15 is 0 Å². The number of carbonyl (C=O) groups is 1. The number of para-hydroxylation sites is 1. The van der Waals surface area contributed by atoms with Crippen LogP contribution in [-0.2, 0) is 21.4 Å². The van der Waals surface area contributed by atoms with Crippen LogP contribution in [0, 0.1) is 0 Å². The van der Waals surface area contributed by atoms with E-state index in [1.807, 2.05) is 30.3 Å². The third-order valence-electron chi connectivity index (χ3n) is 4.59. The van der Waals surface area contributed by atoms with Crippen LogP contribution in [0.3, 0.4) is 0 Å². The fourth-order valence-electron chi connectivity index (χ4n) is 3.09. The maximum absolute atomic E-state index is 13.2. The number of amides is 1. The molecule has 1 saturated heterocycles. The molecule has 162 valence electrons. The molecule has 8 heteroatoms. The van der Waals surface area contributed by atoms with Gasteiger partial charge in [-0.15, -0.1) is 0 Å². The molecule has 3 rings (SSSR count). The lowest BCUT2D eigenvalue weighted by molar-refractivity contribution is 0.0192. The maximum atomic E-state index is 13.2. The lowest BCUT2D eigenvalue weighted by atomic mass is 10.2. The highest BCUT2D eigenvalue weighted by atomic mass is 32.2. The van der Waals surface area contributed by atoms with Gasteiger partial charge in [-0.1, -0.05) is 42.5 Å². The van der Waals surface area contributed by atoms with E-state index < -0.39 is 21.7 Å². The summed E-state index contributed by atoms with van der Waals surface area (Å²) in [7, 11) is -3.75. The number of nitrogens with zero attached hydrogens (tertiary/aromatic N) is 2. The molecule has 1 fully saturated rings. The summed E-state index contributed by atoms with van der Waals surface area (Å²) in [6, 6.07) is 16.2. The smallest absolute Gasteiger partial charge is 0.410 e. The Kier molecular flexibility index (Phi) is 6.67. The van der Waals surface area contributed by atoms with E-state index in [2.05, 4.69) is 0 Å². The molecule has 0 saturated carbocycles. The molecular formula is C22H28N2O5S. The summed E-state index contributed by atoms with van der Waals surface area (Å²) in [4.78, 5) is 13.9. The molecule has 0 aliphatic carbocycles. The molecule has 1 amide bonds. The topological polar surface area (TPSA) is 76.2 Å². The van der Waals surface area contributed by atoms with Crippen LogP contribution in [0.2, 0.25) is 0 Å². The van der Waals surface area contributed by atoms with Gasteiger partial charge in [0.05, 0.1) is 0 Å². The van der Waals surface area contributed by atoms with Crippen LogP contribution in [0.1, 0.15) is 26.3 Å². The van der Waals surface area contributed by atoms with E-state index in [4.69, 9.17) is 9.47 Å². The van der Waals surface area contributed by atoms with Crippen molar-refractivity contribution in [2.24, 2.45) is 0 Å². The predicted octanol–water partition coefficient (Wildman–Crippen LogP) is 3.51. The van der Waals surface area contributed by atoms with Gasteiger partial charge in [0.15, 0.2) is 0 Å². The molecule has 0 bridgehead atoms. The molecule has 0 radical (unpaired) electrons. The number of piperazine rings is 1. The summed E-state index contributed by atoms with van der Waals surface area (Å²) in [6.07, 6.45) is -0.425. The third kappa shape index (κ3) is 5.52. The molecule has 2 aromatic carbocycles. The van der Waals surface area contributed by atoms with E-state index in [-0.39, 0.29) is 37.7 Å². The molecule has 2 aromatic rings. The molecular weight excluding hydrogens is 404 g/mol. The summed E-state index contributed by atoms with van der Waals surface area (Å²) in [5.74, 6) is 0.316. The highest BCUT2D eigenvalue weighted by molar-refractivity contribution is 7.89. The molecule has 0 atom stereocenters. The van der Waals surface area contributed by atoms with E-state index in [1.54, 1.807) is 45.0 Å². The van der Waals surface area contributed by atoms with Crippen molar-refractivity contribution in [3.05, 3.63) is 60.2 Å². The number of hydrogen-bond acceptors (Lipinski definition) is 5. The van der Waals surface area contributed by atoms with Gasteiger partial charge in [-0.3, -0.25) is 0 Å². The summed E-state index contributed by atoms with van der Waals surface area (Å²) < 4.78 is 39.1. The Hall–Kier alpha value is -2.58. The molecule has 0 aromatic heterocycles. The van der Waals surface area contributed by atoms with Gasteiger partial charge in [0.2, 0.25) is 10.0 Å². The van der Waals surface area contributed by atoms with Crippen LogP contribution < -0.4 is 4.74 Å². The van der Waals surface area contributed by atoms with Crippen molar-refractivity contribution in [1.29, 1.82) is 0 Å². The maximum Gasteiger partial charge on any atom is 0.410 e. The number of hydrogen-bond donors (Lipinski definition) is 0. The van der Waals surface area contributed by atoms with Gasteiger partial charge < -0.3 is 14.4 Å². The first-order valence-electron chi connectivity index (χ1n) is 9.91. The van der Waals surface area contributed by atoms with Gasteiger partial charge in [-0.2, -0.15) is 4.31 Å². The first-order valence-corrected chi connectivity index (χ1v) is 11.3. The fourth-order valence-corrected chi connectivity index (χ4v) is 4.65. The Morgan fingerprint density at radius 1 is 0.933 bits per heavy atom. The number of carbonyl (C=O) groups excluding carboxylic acids is 1. The van der Waals surface area contributed by atoms with Gasteiger partial charge >= 0.3 is 6.09 Å². The second kappa shape index (κ2) is 9.06. The van der Waals surface area contributed by atoms with Gasteiger partial charge in [0.1, 0.15) is 22.9 Å². The van der Waals surface area contributed by atoms with Crippen molar-refractivity contribution in [2.75, 3.05) is 26.2 Å². The zero-order valence-corrected chi connectivity index (χ0v) is 18.4. The second-order valence-corrected chi connectivity index (χ2v) is 10.00.